The smallest absolute Gasteiger partial charge is 0.306 e. The van der Waals surface area contributed by atoms with Crippen LogP contribution in [-0.2, 0) is 19.1 Å². The average molecular weight is 417 g/mol. The number of nitrogens with one attached hydrogen (secondary N) is 2. The van der Waals surface area contributed by atoms with Crippen LogP contribution in [0.1, 0.15) is 36.5 Å². The van der Waals surface area contributed by atoms with E-state index in [0.717, 1.165) is 0 Å². The third-order valence-corrected chi connectivity index (χ3v) is 4.05. The van der Waals surface area contributed by atoms with Gasteiger partial charge >= 0.3 is 5.97 Å². The first-order valence-corrected chi connectivity index (χ1v) is 9.33. The minimum Gasteiger partial charge on any atom is -0.456 e. The van der Waals surface area contributed by atoms with Crippen molar-refractivity contribution in [1.82, 2.24) is 0 Å². The molecule has 0 aromatic heterocycles. The van der Waals surface area contributed by atoms with E-state index in [-0.39, 0.29) is 31.0 Å². The molecule has 0 aliphatic heterocycles. The van der Waals surface area contributed by atoms with Gasteiger partial charge in [-0.2, -0.15) is 0 Å². The van der Waals surface area contributed by atoms with Crippen LogP contribution in [0.4, 0.5) is 11.4 Å². The number of anilines is 2. The van der Waals surface area contributed by atoms with Crippen LogP contribution in [0.15, 0.2) is 48.5 Å². The lowest BCUT2D eigenvalue weighted by molar-refractivity contribution is -0.147. The second-order valence-corrected chi connectivity index (χ2v) is 6.69. The fourth-order valence-electron chi connectivity index (χ4n) is 2.41. The standard InChI is InChI=1S/C21H21ClN2O5/c1-14(25)15-5-2-7-17(11-15)23-19(26)9-4-10-21(28)29-13-20(27)24-18-8-3-6-16(22)12-18/h2-3,5-8,11-12H,4,9-10,13H2,1H3,(H,23,26)(H,24,27). The van der Waals surface area contributed by atoms with Crippen molar-refractivity contribution in [2.75, 3.05) is 17.2 Å². The fraction of sp³-hybridized carbons (Fsp3) is 0.238. The molecule has 0 fully saturated rings. The topological polar surface area (TPSA) is 102 Å². The van der Waals surface area contributed by atoms with Crippen LogP contribution in [-0.4, -0.2) is 30.2 Å². The van der Waals surface area contributed by atoms with E-state index >= 15 is 0 Å². The maximum atomic E-state index is 11.9. The number of benzene rings is 2. The van der Waals surface area contributed by atoms with Crippen LogP contribution in [0.5, 0.6) is 0 Å². The van der Waals surface area contributed by atoms with Gasteiger partial charge in [-0.1, -0.05) is 29.8 Å². The lowest BCUT2D eigenvalue weighted by Crippen LogP contribution is -2.21. The van der Waals surface area contributed by atoms with Gasteiger partial charge in [-0.25, -0.2) is 0 Å². The summed E-state index contributed by atoms with van der Waals surface area (Å²) in [6.45, 7) is 1.02. The van der Waals surface area contributed by atoms with Crippen LogP contribution in [0.2, 0.25) is 5.02 Å². The molecule has 29 heavy (non-hydrogen) atoms. The largest absolute Gasteiger partial charge is 0.456 e. The normalized spacial score (nSPS) is 10.1. The molecule has 0 spiro atoms. The molecule has 152 valence electrons. The molecule has 2 amide bonds. The third kappa shape index (κ3) is 8.15. The number of Topliss-reactive ketones (excluding diaryl/α,β-unsaturated/α-hetero) is 1. The number of ketones is 1. The van der Waals surface area contributed by atoms with Crippen LogP contribution >= 0.6 is 11.6 Å². The molecule has 0 heterocycles. The van der Waals surface area contributed by atoms with Crippen LogP contribution in [0.25, 0.3) is 0 Å². The SMILES string of the molecule is CC(=O)c1cccc(NC(=O)CCCC(=O)OCC(=O)Nc2cccc(Cl)c2)c1. The lowest BCUT2D eigenvalue weighted by atomic mass is 10.1. The molecule has 8 heteroatoms. The number of hydrogen-bond donors (Lipinski definition) is 2. The van der Waals surface area contributed by atoms with Crippen LogP contribution in [0, 0.1) is 0 Å². The number of amides is 2. The van der Waals surface area contributed by atoms with Gasteiger partial charge in [-0.15, -0.1) is 0 Å². The van der Waals surface area contributed by atoms with Crippen molar-refractivity contribution in [3.8, 4) is 0 Å². The number of esters is 1. The second-order valence-electron chi connectivity index (χ2n) is 6.26. The predicted molar refractivity (Wildman–Crippen MR) is 110 cm³/mol. The molecule has 2 rings (SSSR count). The number of carbonyl (C=O) groups excluding carboxylic acids is 4. The van der Waals surface area contributed by atoms with Gasteiger partial charge in [0.2, 0.25) is 5.91 Å². The molecule has 0 aliphatic carbocycles. The lowest BCUT2D eigenvalue weighted by Gasteiger charge is -2.08. The first-order chi connectivity index (χ1) is 13.8. The molecule has 0 saturated heterocycles. The van der Waals surface area contributed by atoms with Gasteiger partial charge < -0.3 is 15.4 Å². The Bertz CT molecular complexity index is 913. The van der Waals surface area contributed by atoms with Gasteiger partial charge in [-0.05, 0) is 43.7 Å². The van der Waals surface area contributed by atoms with E-state index < -0.39 is 18.5 Å². The number of carbonyl (C=O) groups is 4. The summed E-state index contributed by atoms with van der Waals surface area (Å²) in [6, 6.07) is 13.2. The van der Waals surface area contributed by atoms with Gasteiger partial charge in [0.1, 0.15) is 0 Å². The van der Waals surface area contributed by atoms with E-state index in [0.29, 0.717) is 22.0 Å². The quantitative estimate of drug-likeness (QED) is 0.477. The number of hydrogen-bond acceptors (Lipinski definition) is 5. The Morgan fingerprint density at radius 1 is 0.897 bits per heavy atom. The number of halogens is 1. The Morgan fingerprint density at radius 3 is 2.24 bits per heavy atom. The first kappa shape index (κ1) is 22.1. The Balaban J connectivity index is 1.66. The van der Waals surface area contributed by atoms with Crippen LogP contribution in [0.3, 0.4) is 0 Å². The minimum atomic E-state index is -0.572. The summed E-state index contributed by atoms with van der Waals surface area (Å²) < 4.78 is 4.90. The monoisotopic (exact) mass is 416 g/mol. The molecule has 2 N–H and O–H groups in total. The highest BCUT2D eigenvalue weighted by Gasteiger charge is 2.10. The maximum absolute atomic E-state index is 11.9. The van der Waals surface area contributed by atoms with Crippen LogP contribution < -0.4 is 10.6 Å². The molecular formula is C21H21ClN2O5. The summed E-state index contributed by atoms with van der Waals surface area (Å²) in [5.74, 6) is -1.43. The summed E-state index contributed by atoms with van der Waals surface area (Å²) in [6.07, 6.45) is 0.381. The Kier molecular flexibility index (Phi) is 8.36. The summed E-state index contributed by atoms with van der Waals surface area (Å²) in [5.41, 5.74) is 1.52. The average Bonchev–Trinajstić information content (AvgIpc) is 2.66. The Morgan fingerprint density at radius 2 is 1.55 bits per heavy atom. The molecular weight excluding hydrogens is 396 g/mol. The van der Waals surface area contributed by atoms with Gasteiger partial charge in [0, 0.05) is 34.8 Å². The molecule has 0 radical (unpaired) electrons. The highest BCUT2D eigenvalue weighted by atomic mass is 35.5. The van der Waals surface area contributed by atoms with Crippen molar-refractivity contribution in [1.29, 1.82) is 0 Å². The van der Waals surface area contributed by atoms with Crippen molar-refractivity contribution in [3.63, 3.8) is 0 Å². The van der Waals surface area contributed by atoms with E-state index in [9.17, 15) is 19.2 Å². The number of rotatable bonds is 9. The molecule has 0 bridgehead atoms. The van der Waals surface area contributed by atoms with E-state index in [1.807, 2.05) is 0 Å². The van der Waals surface area contributed by atoms with Gasteiger partial charge in [0.25, 0.3) is 5.91 Å². The highest BCUT2D eigenvalue weighted by Crippen LogP contribution is 2.15. The fourth-order valence-corrected chi connectivity index (χ4v) is 2.60. The van der Waals surface area contributed by atoms with Gasteiger partial charge in [0.05, 0.1) is 0 Å². The molecule has 0 aliphatic rings. The van der Waals surface area contributed by atoms with Crippen molar-refractivity contribution in [3.05, 3.63) is 59.1 Å². The van der Waals surface area contributed by atoms with E-state index in [1.165, 1.54) is 6.92 Å². The van der Waals surface area contributed by atoms with Crippen molar-refractivity contribution >= 4 is 46.5 Å². The van der Waals surface area contributed by atoms with Gasteiger partial charge in [0.15, 0.2) is 12.4 Å². The zero-order chi connectivity index (χ0) is 21.2. The summed E-state index contributed by atoms with van der Waals surface area (Å²) in [4.78, 5) is 46.8. The van der Waals surface area contributed by atoms with E-state index in [1.54, 1.807) is 48.5 Å². The van der Waals surface area contributed by atoms with Gasteiger partial charge in [-0.3, -0.25) is 19.2 Å². The summed E-state index contributed by atoms with van der Waals surface area (Å²) in [7, 11) is 0. The maximum Gasteiger partial charge on any atom is 0.306 e. The zero-order valence-corrected chi connectivity index (χ0v) is 16.6. The van der Waals surface area contributed by atoms with Crippen molar-refractivity contribution in [2.24, 2.45) is 0 Å². The summed E-state index contributed by atoms with van der Waals surface area (Å²) >= 11 is 5.83. The predicted octanol–water partition coefficient (Wildman–Crippen LogP) is 3.83. The van der Waals surface area contributed by atoms with Crippen molar-refractivity contribution < 1.29 is 23.9 Å². The molecule has 7 nitrogen and oxygen atoms in total. The zero-order valence-electron chi connectivity index (χ0n) is 15.9. The first-order valence-electron chi connectivity index (χ1n) is 8.95. The molecule has 0 saturated carbocycles. The number of ether oxygens (including phenoxy) is 1. The molecule has 2 aromatic rings. The summed E-state index contributed by atoms with van der Waals surface area (Å²) in [5, 5.41) is 5.72. The Labute approximate surface area is 173 Å². The van der Waals surface area contributed by atoms with E-state index in [2.05, 4.69) is 10.6 Å². The minimum absolute atomic E-state index is 0.00531. The molecule has 0 unspecified atom stereocenters. The van der Waals surface area contributed by atoms with E-state index in [4.69, 9.17) is 16.3 Å². The second kappa shape index (κ2) is 11.0. The molecule has 2 aromatic carbocycles. The third-order valence-electron chi connectivity index (χ3n) is 3.81. The molecule has 0 atom stereocenters. The Hall–Kier alpha value is -3.19. The highest BCUT2D eigenvalue weighted by molar-refractivity contribution is 6.30. The van der Waals surface area contributed by atoms with Crippen molar-refractivity contribution in [2.45, 2.75) is 26.2 Å².